The molecule has 0 radical (unpaired) electrons. The van der Waals surface area contributed by atoms with Crippen molar-refractivity contribution < 1.29 is 0 Å². The zero-order chi connectivity index (χ0) is 14.7. The Morgan fingerprint density at radius 3 is 2.43 bits per heavy atom. The van der Waals surface area contributed by atoms with Crippen molar-refractivity contribution in [2.75, 3.05) is 0 Å². The Morgan fingerprint density at radius 1 is 1.00 bits per heavy atom. The molecule has 1 aromatic heterocycles. The van der Waals surface area contributed by atoms with E-state index in [-0.39, 0.29) is 0 Å². The van der Waals surface area contributed by atoms with E-state index in [1.165, 1.54) is 5.56 Å². The maximum atomic E-state index is 5.90. The van der Waals surface area contributed by atoms with Crippen molar-refractivity contribution in [3.05, 3.63) is 71.0 Å². The van der Waals surface area contributed by atoms with Gasteiger partial charge in [0, 0.05) is 16.5 Å². The van der Waals surface area contributed by atoms with Gasteiger partial charge in [0.1, 0.15) is 5.82 Å². The van der Waals surface area contributed by atoms with Gasteiger partial charge in [-0.15, -0.1) is 10.2 Å². The number of halogens is 1. The van der Waals surface area contributed by atoms with Gasteiger partial charge in [0.2, 0.25) is 0 Å². The predicted molar refractivity (Wildman–Crippen MR) is 87.1 cm³/mol. The first-order valence-corrected chi connectivity index (χ1v) is 7.95. The van der Waals surface area contributed by atoms with Crippen LogP contribution >= 0.6 is 23.4 Å². The molecule has 0 aliphatic heterocycles. The van der Waals surface area contributed by atoms with Gasteiger partial charge in [-0.1, -0.05) is 53.7 Å². The summed E-state index contributed by atoms with van der Waals surface area (Å²) in [6.45, 7) is 1.96. The fraction of sp³-hybridized carbons (Fsp3) is 0.125. The molecule has 21 heavy (non-hydrogen) atoms. The highest BCUT2D eigenvalue weighted by atomic mass is 35.5. The Balaban J connectivity index is 1.82. The van der Waals surface area contributed by atoms with Gasteiger partial charge in [-0.3, -0.25) is 4.57 Å². The number of nitrogens with zero attached hydrogens (tertiary/aromatic N) is 3. The summed E-state index contributed by atoms with van der Waals surface area (Å²) in [6.07, 6.45) is 0. The molecule has 0 N–H and O–H groups in total. The number of hydrogen-bond acceptors (Lipinski definition) is 3. The van der Waals surface area contributed by atoms with E-state index >= 15 is 0 Å². The van der Waals surface area contributed by atoms with Crippen LogP contribution in [0.5, 0.6) is 0 Å². The van der Waals surface area contributed by atoms with Crippen molar-refractivity contribution in [1.29, 1.82) is 0 Å². The monoisotopic (exact) mass is 315 g/mol. The standard InChI is InChI=1S/C16H14ClN3S/c1-12-18-19-16(20(12)15-5-3-2-4-6-15)21-11-13-7-9-14(17)10-8-13/h2-10H,11H2,1H3. The lowest BCUT2D eigenvalue weighted by Crippen LogP contribution is -1.98. The zero-order valence-electron chi connectivity index (χ0n) is 11.5. The largest absolute Gasteiger partial charge is 0.274 e. The second kappa shape index (κ2) is 6.33. The molecule has 3 nitrogen and oxygen atoms in total. The van der Waals surface area contributed by atoms with Crippen molar-refractivity contribution in [2.45, 2.75) is 17.8 Å². The van der Waals surface area contributed by atoms with Crippen LogP contribution in [0.4, 0.5) is 0 Å². The van der Waals surface area contributed by atoms with Gasteiger partial charge in [-0.2, -0.15) is 0 Å². The SMILES string of the molecule is Cc1nnc(SCc2ccc(Cl)cc2)n1-c1ccccc1. The number of rotatable bonds is 4. The maximum Gasteiger partial charge on any atom is 0.196 e. The maximum absolute atomic E-state index is 5.90. The second-order valence-electron chi connectivity index (χ2n) is 4.62. The molecule has 3 rings (SSSR count). The molecule has 1 heterocycles. The molecule has 106 valence electrons. The Hall–Kier alpha value is -1.78. The van der Waals surface area contributed by atoms with Gasteiger partial charge in [0.15, 0.2) is 5.16 Å². The minimum atomic E-state index is 0.757. The van der Waals surface area contributed by atoms with Crippen LogP contribution in [0.2, 0.25) is 5.02 Å². The summed E-state index contributed by atoms with van der Waals surface area (Å²) in [5, 5.41) is 10.1. The fourth-order valence-corrected chi connectivity index (χ4v) is 3.12. The second-order valence-corrected chi connectivity index (χ2v) is 5.99. The Labute approximate surface area is 133 Å². The summed E-state index contributed by atoms with van der Waals surface area (Å²) in [7, 11) is 0. The number of thioether (sulfide) groups is 1. The summed E-state index contributed by atoms with van der Waals surface area (Å²) in [5.41, 5.74) is 2.29. The van der Waals surface area contributed by atoms with Crippen LogP contribution in [0.3, 0.4) is 0 Å². The smallest absolute Gasteiger partial charge is 0.196 e. The van der Waals surface area contributed by atoms with Gasteiger partial charge in [0.25, 0.3) is 0 Å². The number of aryl methyl sites for hydroxylation is 1. The molecule has 0 saturated carbocycles. The lowest BCUT2D eigenvalue weighted by molar-refractivity contribution is 0.868. The quantitative estimate of drug-likeness (QED) is 0.663. The van der Waals surface area contributed by atoms with Crippen molar-refractivity contribution in [3.63, 3.8) is 0 Å². The van der Waals surface area contributed by atoms with Crippen LogP contribution < -0.4 is 0 Å². The fourth-order valence-electron chi connectivity index (χ4n) is 2.04. The third-order valence-corrected chi connectivity index (χ3v) is 4.34. The Bertz CT molecular complexity index is 723. The molecule has 2 aromatic carbocycles. The van der Waals surface area contributed by atoms with Crippen molar-refractivity contribution in [3.8, 4) is 5.69 Å². The summed E-state index contributed by atoms with van der Waals surface area (Å²) in [4.78, 5) is 0. The molecule has 0 atom stereocenters. The molecule has 3 aromatic rings. The summed E-state index contributed by atoms with van der Waals surface area (Å²) in [6, 6.07) is 18.0. The Kier molecular flexibility index (Phi) is 4.27. The molecule has 0 fully saturated rings. The van der Waals surface area contributed by atoms with Crippen LogP contribution in [-0.4, -0.2) is 14.8 Å². The zero-order valence-corrected chi connectivity index (χ0v) is 13.1. The van der Waals surface area contributed by atoms with Crippen molar-refractivity contribution >= 4 is 23.4 Å². The average molecular weight is 316 g/mol. The predicted octanol–water partition coefficient (Wildman–Crippen LogP) is 4.52. The lowest BCUT2D eigenvalue weighted by atomic mass is 10.2. The van der Waals surface area contributed by atoms with E-state index < -0.39 is 0 Å². The molecular weight excluding hydrogens is 302 g/mol. The van der Waals surface area contributed by atoms with Crippen LogP contribution in [0, 0.1) is 6.92 Å². The molecule has 0 bridgehead atoms. The summed E-state index contributed by atoms with van der Waals surface area (Å²) >= 11 is 7.57. The van der Waals surface area contributed by atoms with E-state index in [2.05, 4.69) is 26.9 Å². The van der Waals surface area contributed by atoms with Crippen LogP contribution in [0.25, 0.3) is 5.69 Å². The third kappa shape index (κ3) is 3.28. The van der Waals surface area contributed by atoms with E-state index in [1.807, 2.05) is 49.4 Å². The molecule has 5 heteroatoms. The highest BCUT2D eigenvalue weighted by Crippen LogP contribution is 2.25. The van der Waals surface area contributed by atoms with Crippen molar-refractivity contribution in [2.24, 2.45) is 0 Å². The van der Waals surface area contributed by atoms with E-state index in [4.69, 9.17) is 11.6 Å². The van der Waals surface area contributed by atoms with Gasteiger partial charge in [-0.25, -0.2) is 0 Å². The first kappa shape index (κ1) is 14.2. The first-order chi connectivity index (χ1) is 10.2. The topological polar surface area (TPSA) is 30.7 Å². The van der Waals surface area contributed by atoms with E-state index in [0.717, 1.165) is 27.4 Å². The van der Waals surface area contributed by atoms with Gasteiger partial charge in [0.05, 0.1) is 0 Å². The number of hydrogen-bond donors (Lipinski definition) is 0. The highest BCUT2D eigenvalue weighted by Gasteiger charge is 2.11. The average Bonchev–Trinajstić information content (AvgIpc) is 2.88. The van der Waals surface area contributed by atoms with Gasteiger partial charge < -0.3 is 0 Å². The normalized spacial score (nSPS) is 10.8. The Morgan fingerprint density at radius 2 is 1.71 bits per heavy atom. The minimum absolute atomic E-state index is 0.757. The molecular formula is C16H14ClN3S. The van der Waals surface area contributed by atoms with E-state index in [9.17, 15) is 0 Å². The third-order valence-electron chi connectivity index (χ3n) is 3.09. The van der Waals surface area contributed by atoms with Crippen molar-refractivity contribution in [1.82, 2.24) is 14.8 Å². The minimum Gasteiger partial charge on any atom is -0.274 e. The molecule has 0 aliphatic rings. The number of aromatic nitrogens is 3. The van der Waals surface area contributed by atoms with Crippen LogP contribution in [0.15, 0.2) is 59.8 Å². The molecule has 0 saturated heterocycles. The van der Waals surface area contributed by atoms with Gasteiger partial charge in [-0.05, 0) is 36.8 Å². The lowest BCUT2D eigenvalue weighted by Gasteiger charge is -2.08. The molecule has 0 unspecified atom stereocenters. The van der Waals surface area contributed by atoms with Gasteiger partial charge >= 0.3 is 0 Å². The highest BCUT2D eigenvalue weighted by molar-refractivity contribution is 7.98. The molecule has 0 aliphatic carbocycles. The number of para-hydroxylation sites is 1. The number of benzene rings is 2. The van der Waals surface area contributed by atoms with Crippen LogP contribution in [-0.2, 0) is 5.75 Å². The first-order valence-electron chi connectivity index (χ1n) is 6.59. The molecule has 0 amide bonds. The van der Waals surface area contributed by atoms with Crippen LogP contribution in [0.1, 0.15) is 11.4 Å². The van der Waals surface area contributed by atoms with E-state index in [1.54, 1.807) is 11.8 Å². The van der Waals surface area contributed by atoms with E-state index in [0.29, 0.717) is 0 Å². The summed E-state index contributed by atoms with van der Waals surface area (Å²) in [5.74, 6) is 1.72. The summed E-state index contributed by atoms with van der Waals surface area (Å²) < 4.78 is 2.07. The molecule has 0 spiro atoms.